The minimum absolute atomic E-state index is 0.0522. The number of carbonyl (C=O) groups is 2. The van der Waals surface area contributed by atoms with Gasteiger partial charge in [0.1, 0.15) is 5.75 Å². The minimum Gasteiger partial charge on any atom is -0.494 e. The maximum Gasteiger partial charge on any atom is 0.225 e. The highest BCUT2D eigenvalue weighted by molar-refractivity contribution is 6.30. The number of amides is 2. The summed E-state index contributed by atoms with van der Waals surface area (Å²) in [4.78, 5) is 26.4. The first-order chi connectivity index (χ1) is 12.1. The zero-order chi connectivity index (χ0) is 17.6. The fraction of sp³-hybridized carbons (Fsp3) is 0.579. The van der Waals surface area contributed by atoms with E-state index in [-0.39, 0.29) is 17.7 Å². The Balaban J connectivity index is 1.36. The molecule has 1 aliphatic heterocycles. The van der Waals surface area contributed by atoms with Crippen molar-refractivity contribution in [3.63, 3.8) is 0 Å². The standard InChI is InChI=1S/C19H25ClN2O3/c20-15-5-9-17(10-6-15)25-12-2-4-18(23)22-11-1-3-14(13-22)19(24)21-16-7-8-16/h5-6,9-10,14,16H,1-4,7-8,11-13H2,(H,21,24). The lowest BCUT2D eigenvalue weighted by molar-refractivity contribution is -0.135. The highest BCUT2D eigenvalue weighted by atomic mass is 35.5. The number of nitrogens with one attached hydrogen (secondary N) is 1. The van der Waals surface area contributed by atoms with Gasteiger partial charge in [0.25, 0.3) is 0 Å². The summed E-state index contributed by atoms with van der Waals surface area (Å²) in [5, 5.41) is 3.73. The van der Waals surface area contributed by atoms with Crippen molar-refractivity contribution in [3.05, 3.63) is 29.3 Å². The number of rotatable bonds is 7. The van der Waals surface area contributed by atoms with Gasteiger partial charge in [-0.2, -0.15) is 0 Å². The number of halogens is 1. The van der Waals surface area contributed by atoms with Crippen LogP contribution in [0.2, 0.25) is 5.02 Å². The molecule has 1 saturated carbocycles. The van der Waals surface area contributed by atoms with Crippen molar-refractivity contribution in [1.82, 2.24) is 10.2 Å². The van der Waals surface area contributed by atoms with Crippen molar-refractivity contribution in [1.29, 1.82) is 0 Å². The Kier molecular flexibility index (Phi) is 6.19. The summed E-state index contributed by atoms with van der Waals surface area (Å²) < 4.78 is 5.62. The molecule has 1 aliphatic carbocycles. The number of ether oxygens (including phenoxy) is 1. The molecule has 2 aliphatic rings. The van der Waals surface area contributed by atoms with Crippen LogP contribution in [0.1, 0.15) is 38.5 Å². The first kappa shape index (κ1) is 18.1. The van der Waals surface area contributed by atoms with E-state index in [1.54, 1.807) is 12.1 Å². The summed E-state index contributed by atoms with van der Waals surface area (Å²) >= 11 is 5.83. The Morgan fingerprint density at radius 2 is 1.96 bits per heavy atom. The molecule has 0 bridgehead atoms. The average Bonchev–Trinajstić information content (AvgIpc) is 3.44. The van der Waals surface area contributed by atoms with Gasteiger partial charge in [-0.15, -0.1) is 0 Å². The van der Waals surface area contributed by atoms with Gasteiger partial charge in [-0.25, -0.2) is 0 Å². The van der Waals surface area contributed by atoms with E-state index in [4.69, 9.17) is 16.3 Å². The molecule has 0 spiro atoms. The van der Waals surface area contributed by atoms with E-state index in [0.29, 0.717) is 37.1 Å². The third-order valence-electron chi connectivity index (χ3n) is 4.69. The molecule has 1 aromatic carbocycles. The molecule has 2 fully saturated rings. The molecule has 136 valence electrons. The Labute approximate surface area is 153 Å². The van der Waals surface area contributed by atoms with Crippen LogP contribution in [-0.4, -0.2) is 42.5 Å². The monoisotopic (exact) mass is 364 g/mol. The summed E-state index contributed by atoms with van der Waals surface area (Å²) in [7, 11) is 0. The fourth-order valence-electron chi connectivity index (χ4n) is 3.07. The number of likely N-dealkylation sites (tertiary alicyclic amines) is 1. The van der Waals surface area contributed by atoms with Crippen molar-refractivity contribution < 1.29 is 14.3 Å². The van der Waals surface area contributed by atoms with Gasteiger partial charge in [-0.3, -0.25) is 9.59 Å². The second-order valence-electron chi connectivity index (χ2n) is 6.87. The van der Waals surface area contributed by atoms with Gasteiger partial charge in [0, 0.05) is 30.6 Å². The Hall–Kier alpha value is -1.75. The third-order valence-corrected chi connectivity index (χ3v) is 4.94. The quantitative estimate of drug-likeness (QED) is 0.756. The molecule has 1 heterocycles. The number of nitrogens with zero attached hydrogens (tertiary/aromatic N) is 1. The molecule has 1 unspecified atom stereocenters. The van der Waals surface area contributed by atoms with Crippen LogP contribution in [0.15, 0.2) is 24.3 Å². The lowest BCUT2D eigenvalue weighted by Gasteiger charge is -2.32. The van der Waals surface area contributed by atoms with E-state index in [9.17, 15) is 9.59 Å². The van der Waals surface area contributed by atoms with E-state index in [1.807, 2.05) is 17.0 Å². The summed E-state index contributed by atoms with van der Waals surface area (Å²) in [5.41, 5.74) is 0. The van der Waals surface area contributed by atoms with Crippen LogP contribution in [-0.2, 0) is 9.59 Å². The second-order valence-corrected chi connectivity index (χ2v) is 7.30. The molecule has 25 heavy (non-hydrogen) atoms. The molecule has 3 rings (SSSR count). The van der Waals surface area contributed by atoms with E-state index in [0.717, 1.165) is 38.0 Å². The molecule has 5 nitrogen and oxygen atoms in total. The summed E-state index contributed by atoms with van der Waals surface area (Å²) in [6.45, 7) is 1.80. The van der Waals surface area contributed by atoms with Gasteiger partial charge in [0.15, 0.2) is 0 Å². The lowest BCUT2D eigenvalue weighted by atomic mass is 9.96. The topological polar surface area (TPSA) is 58.6 Å². The molecule has 1 aromatic rings. The van der Waals surface area contributed by atoms with E-state index in [2.05, 4.69) is 5.32 Å². The van der Waals surface area contributed by atoms with Crippen LogP contribution in [0.5, 0.6) is 5.75 Å². The van der Waals surface area contributed by atoms with Gasteiger partial charge in [0.2, 0.25) is 11.8 Å². The van der Waals surface area contributed by atoms with Crippen molar-refractivity contribution >= 4 is 23.4 Å². The van der Waals surface area contributed by atoms with Crippen molar-refractivity contribution in [2.45, 2.75) is 44.6 Å². The predicted molar refractivity (Wildman–Crippen MR) is 96.6 cm³/mol. The molecule has 0 aromatic heterocycles. The van der Waals surface area contributed by atoms with Crippen molar-refractivity contribution in [2.75, 3.05) is 19.7 Å². The molecule has 1 N–H and O–H groups in total. The number of benzene rings is 1. The normalized spacial score (nSPS) is 20.2. The molecular weight excluding hydrogens is 340 g/mol. The zero-order valence-electron chi connectivity index (χ0n) is 14.4. The highest BCUT2D eigenvalue weighted by Gasteiger charge is 2.31. The number of piperidine rings is 1. The van der Waals surface area contributed by atoms with Crippen molar-refractivity contribution in [3.8, 4) is 5.75 Å². The van der Waals surface area contributed by atoms with Gasteiger partial charge in [-0.05, 0) is 56.4 Å². The van der Waals surface area contributed by atoms with Crippen LogP contribution in [0.3, 0.4) is 0 Å². The van der Waals surface area contributed by atoms with Crippen molar-refractivity contribution in [2.24, 2.45) is 5.92 Å². The third kappa shape index (κ3) is 5.63. The Bertz CT molecular complexity index is 601. The van der Waals surface area contributed by atoms with Crippen LogP contribution in [0.4, 0.5) is 0 Å². The van der Waals surface area contributed by atoms with Crippen LogP contribution >= 0.6 is 11.6 Å². The fourth-order valence-corrected chi connectivity index (χ4v) is 3.19. The smallest absolute Gasteiger partial charge is 0.225 e. The minimum atomic E-state index is -0.0522. The molecule has 2 amide bonds. The highest BCUT2D eigenvalue weighted by Crippen LogP contribution is 2.22. The average molecular weight is 365 g/mol. The first-order valence-corrected chi connectivity index (χ1v) is 9.46. The summed E-state index contributed by atoms with van der Waals surface area (Å²) in [5.74, 6) is 0.935. The second kappa shape index (κ2) is 8.56. The van der Waals surface area contributed by atoms with E-state index in [1.165, 1.54) is 0 Å². The maximum absolute atomic E-state index is 12.4. The van der Waals surface area contributed by atoms with Gasteiger partial charge < -0.3 is 15.0 Å². The van der Waals surface area contributed by atoms with Gasteiger partial charge in [-0.1, -0.05) is 11.6 Å². The van der Waals surface area contributed by atoms with Gasteiger partial charge >= 0.3 is 0 Å². The molecule has 1 atom stereocenters. The Morgan fingerprint density at radius 1 is 1.20 bits per heavy atom. The molecule has 0 radical (unpaired) electrons. The zero-order valence-corrected chi connectivity index (χ0v) is 15.1. The van der Waals surface area contributed by atoms with Gasteiger partial charge in [0.05, 0.1) is 12.5 Å². The van der Waals surface area contributed by atoms with Crippen LogP contribution in [0, 0.1) is 5.92 Å². The number of hydrogen-bond donors (Lipinski definition) is 1. The van der Waals surface area contributed by atoms with Crippen LogP contribution in [0.25, 0.3) is 0 Å². The molecule has 1 saturated heterocycles. The SMILES string of the molecule is O=C(NC1CC1)C1CCCN(C(=O)CCCOc2ccc(Cl)cc2)C1. The number of carbonyl (C=O) groups excluding carboxylic acids is 2. The Morgan fingerprint density at radius 3 is 2.68 bits per heavy atom. The van der Waals surface area contributed by atoms with E-state index >= 15 is 0 Å². The van der Waals surface area contributed by atoms with E-state index < -0.39 is 0 Å². The largest absolute Gasteiger partial charge is 0.494 e. The maximum atomic E-state index is 12.4. The molecular formula is C19H25ClN2O3. The first-order valence-electron chi connectivity index (χ1n) is 9.08. The predicted octanol–water partition coefficient (Wildman–Crippen LogP) is 3.02. The van der Waals surface area contributed by atoms with Crippen LogP contribution < -0.4 is 10.1 Å². The summed E-state index contributed by atoms with van der Waals surface area (Å²) in [6.07, 6.45) is 5.07. The lowest BCUT2D eigenvalue weighted by Crippen LogP contribution is -2.45. The molecule has 6 heteroatoms. The number of hydrogen-bond acceptors (Lipinski definition) is 3. The summed E-state index contributed by atoms with van der Waals surface area (Å²) in [6, 6.07) is 7.57.